The van der Waals surface area contributed by atoms with E-state index in [2.05, 4.69) is 4.72 Å². The van der Waals surface area contributed by atoms with Gasteiger partial charge in [0.1, 0.15) is 5.75 Å². The van der Waals surface area contributed by atoms with Crippen LogP contribution in [0.5, 0.6) is 5.75 Å². The van der Waals surface area contributed by atoms with E-state index in [-0.39, 0.29) is 4.90 Å². The highest BCUT2D eigenvalue weighted by Crippen LogP contribution is 2.21. The lowest BCUT2D eigenvalue weighted by atomic mass is 10.2. The molecule has 5 nitrogen and oxygen atoms in total. The van der Waals surface area contributed by atoms with E-state index in [9.17, 15) is 8.42 Å². The zero-order chi connectivity index (χ0) is 14.8. The SMILES string of the molecule is COc1ccc(NS(=O)(=O)c2cc(C)cc(N)c2)cc1. The molecule has 0 spiro atoms. The van der Waals surface area contributed by atoms with Gasteiger partial charge in [0.2, 0.25) is 0 Å². The maximum absolute atomic E-state index is 12.3. The molecule has 2 aromatic carbocycles. The predicted molar refractivity (Wildman–Crippen MR) is 79.4 cm³/mol. The second-order valence-corrected chi connectivity index (χ2v) is 6.10. The fraction of sp³-hybridized carbons (Fsp3) is 0.143. The first kappa shape index (κ1) is 14.2. The van der Waals surface area contributed by atoms with Crippen molar-refractivity contribution in [3.05, 3.63) is 48.0 Å². The van der Waals surface area contributed by atoms with E-state index in [0.717, 1.165) is 5.56 Å². The monoisotopic (exact) mass is 292 g/mol. The third-order valence-electron chi connectivity index (χ3n) is 2.73. The Morgan fingerprint density at radius 2 is 1.75 bits per heavy atom. The van der Waals surface area contributed by atoms with Gasteiger partial charge in [-0.15, -0.1) is 0 Å². The largest absolute Gasteiger partial charge is 0.497 e. The van der Waals surface area contributed by atoms with Gasteiger partial charge < -0.3 is 10.5 Å². The Labute approximate surface area is 118 Å². The van der Waals surface area contributed by atoms with Gasteiger partial charge in [0, 0.05) is 11.4 Å². The molecule has 0 fully saturated rings. The lowest BCUT2D eigenvalue weighted by molar-refractivity contribution is 0.415. The van der Waals surface area contributed by atoms with Crippen molar-refractivity contribution < 1.29 is 13.2 Å². The van der Waals surface area contributed by atoms with Gasteiger partial charge in [-0.1, -0.05) is 0 Å². The van der Waals surface area contributed by atoms with Crippen LogP contribution in [-0.4, -0.2) is 15.5 Å². The van der Waals surface area contributed by atoms with Crippen LogP contribution in [0.1, 0.15) is 5.56 Å². The van der Waals surface area contributed by atoms with Crippen molar-refractivity contribution in [2.75, 3.05) is 17.6 Å². The van der Waals surface area contributed by atoms with Crippen LogP contribution in [0.25, 0.3) is 0 Å². The van der Waals surface area contributed by atoms with Crippen molar-refractivity contribution in [2.24, 2.45) is 0 Å². The fourth-order valence-corrected chi connectivity index (χ4v) is 3.00. The summed E-state index contributed by atoms with van der Waals surface area (Å²) in [4.78, 5) is 0.144. The van der Waals surface area contributed by atoms with Crippen LogP contribution >= 0.6 is 0 Å². The first-order chi connectivity index (χ1) is 9.40. The van der Waals surface area contributed by atoms with E-state index in [1.165, 1.54) is 6.07 Å². The summed E-state index contributed by atoms with van der Waals surface area (Å²) < 4.78 is 32.0. The van der Waals surface area contributed by atoms with Gasteiger partial charge in [-0.25, -0.2) is 8.42 Å². The minimum atomic E-state index is -3.65. The van der Waals surface area contributed by atoms with E-state index in [1.54, 1.807) is 50.4 Å². The number of nitrogens with two attached hydrogens (primary N) is 1. The number of rotatable bonds is 4. The van der Waals surface area contributed by atoms with Crippen molar-refractivity contribution in [2.45, 2.75) is 11.8 Å². The molecule has 0 heterocycles. The highest BCUT2D eigenvalue weighted by molar-refractivity contribution is 7.92. The third-order valence-corrected chi connectivity index (χ3v) is 4.09. The molecular weight excluding hydrogens is 276 g/mol. The summed E-state index contributed by atoms with van der Waals surface area (Å²) in [6.45, 7) is 1.79. The van der Waals surface area contributed by atoms with Crippen LogP contribution in [0, 0.1) is 6.92 Å². The van der Waals surface area contributed by atoms with Crippen LogP contribution in [0.2, 0.25) is 0 Å². The molecule has 0 atom stereocenters. The van der Waals surface area contributed by atoms with Gasteiger partial charge in [-0.3, -0.25) is 4.72 Å². The lowest BCUT2D eigenvalue weighted by Crippen LogP contribution is -2.13. The number of anilines is 2. The number of aryl methyl sites for hydroxylation is 1. The molecule has 106 valence electrons. The van der Waals surface area contributed by atoms with Crippen molar-refractivity contribution >= 4 is 21.4 Å². The van der Waals surface area contributed by atoms with Gasteiger partial charge in [0.15, 0.2) is 0 Å². The zero-order valence-electron chi connectivity index (χ0n) is 11.3. The van der Waals surface area contributed by atoms with E-state index in [1.807, 2.05) is 0 Å². The highest BCUT2D eigenvalue weighted by Gasteiger charge is 2.15. The molecular formula is C14H16N2O3S. The number of sulfonamides is 1. The molecule has 0 aliphatic heterocycles. The summed E-state index contributed by atoms with van der Waals surface area (Å²) in [7, 11) is -2.10. The first-order valence-electron chi connectivity index (χ1n) is 5.95. The molecule has 6 heteroatoms. The van der Waals surface area contributed by atoms with E-state index in [0.29, 0.717) is 17.1 Å². The van der Waals surface area contributed by atoms with Crippen molar-refractivity contribution in [3.63, 3.8) is 0 Å². The molecule has 0 amide bonds. The van der Waals surface area contributed by atoms with Crippen molar-refractivity contribution in [1.29, 1.82) is 0 Å². The molecule has 0 bridgehead atoms. The van der Waals surface area contributed by atoms with Gasteiger partial charge >= 0.3 is 0 Å². The average Bonchev–Trinajstić information content (AvgIpc) is 2.38. The molecule has 0 unspecified atom stereocenters. The first-order valence-corrected chi connectivity index (χ1v) is 7.43. The van der Waals surface area contributed by atoms with Crippen molar-refractivity contribution in [3.8, 4) is 5.75 Å². The maximum atomic E-state index is 12.3. The third kappa shape index (κ3) is 3.21. The topological polar surface area (TPSA) is 81.4 Å². The summed E-state index contributed by atoms with van der Waals surface area (Å²) in [5.74, 6) is 0.660. The number of hydrogen-bond donors (Lipinski definition) is 2. The molecule has 0 aliphatic carbocycles. The summed E-state index contributed by atoms with van der Waals surface area (Å²) in [5, 5.41) is 0. The normalized spacial score (nSPS) is 11.1. The summed E-state index contributed by atoms with van der Waals surface area (Å²) in [6, 6.07) is 11.4. The molecule has 3 N–H and O–H groups in total. The molecule has 0 saturated heterocycles. The number of benzene rings is 2. The number of nitrogen functional groups attached to an aromatic ring is 1. The quantitative estimate of drug-likeness (QED) is 0.848. The second kappa shape index (κ2) is 5.42. The van der Waals surface area contributed by atoms with Crippen LogP contribution in [0.4, 0.5) is 11.4 Å². The number of methoxy groups -OCH3 is 1. The Hall–Kier alpha value is -2.21. The Kier molecular flexibility index (Phi) is 3.85. The van der Waals surface area contributed by atoms with Crippen LogP contribution in [0.3, 0.4) is 0 Å². The van der Waals surface area contributed by atoms with Crippen LogP contribution in [-0.2, 0) is 10.0 Å². The van der Waals surface area contributed by atoms with Crippen LogP contribution in [0.15, 0.2) is 47.4 Å². The molecule has 0 radical (unpaired) electrons. The molecule has 0 aromatic heterocycles. The van der Waals surface area contributed by atoms with Gasteiger partial charge in [-0.2, -0.15) is 0 Å². The van der Waals surface area contributed by atoms with Crippen molar-refractivity contribution in [1.82, 2.24) is 0 Å². The Morgan fingerprint density at radius 3 is 2.30 bits per heavy atom. The summed E-state index contributed by atoms with van der Waals surface area (Å²) in [6.07, 6.45) is 0. The molecule has 2 rings (SSSR count). The number of nitrogens with one attached hydrogen (secondary N) is 1. The highest BCUT2D eigenvalue weighted by atomic mass is 32.2. The maximum Gasteiger partial charge on any atom is 0.261 e. The number of hydrogen-bond acceptors (Lipinski definition) is 4. The van der Waals surface area contributed by atoms with E-state index < -0.39 is 10.0 Å². The second-order valence-electron chi connectivity index (χ2n) is 4.41. The fourth-order valence-electron chi connectivity index (χ4n) is 1.80. The smallest absolute Gasteiger partial charge is 0.261 e. The van der Waals surface area contributed by atoms with E-state index >= 15 is 0 Å². The lowest BCUT2D eigenvalue weighted by Gasteiger charge is -2.10. The molecule has 0 saturated carbocycles. The van der Waals surface area contributed by atoms with Gasteiger partial charge in [-0.05, 0) is 55.0 Å². The number of ether oxygens (including phenoxy) is 1. The minimum absolute atomic E-state index is 0.144. The molecule has 20 heavy (non-hydrogen) atoms. The van der Waals surface area contributed by atoms with Crippen LogP contribution < -0.4 is 15.2 Å². The summed E-state index contributed by atoms with van der Waals surface area (Å²) in [5.41, 5.74) is 7.35. The Morgan fingerprint density at radius 1 is 1.10 bits per heavy atom. The van der Waals surface area contributed by atoms with E-state index in [4.69, 9.17) is 10.5 Å². The van der Waals surface area contributed by atoms with Gasteiger partial charge in [0.05, 0.1) is 12.0 Å². The Balaban J connectivity index is 2.30. The predicted octanol–water partition coefficient (Wildman–Crippen LogP) is 2.39. The molecule has 2 aromatic rings. The zero-order valence-corrected chi connectivity index (χ0v) is 12.1. The minimum Gasteiger partial charge on any atom is -0.497 e. The average molecular weight is 292 g/mol. The standard InChI is InChI=1S/C14H16N2O3S/c1-10-7-11(15)9-14(8-10)20(17,18)16-12-3-5-13(19-2)6-4-12/h3-9,16H,15H2,1-2H3. The van der Waals surface area contributed by atoms with Gasteiger partial charge in [0.25, 0.3) is 10.0 Å². The Bertz CT molecular complexity index is 689. The molecule has 0 aliphatic rings. The summed E-state index contributed by atoms with van der Waals surface area (Å²) >= 11 is 0.